The van der Waals surface area contributed by atoms with Gasteiger partial charge in [0.05, 0.1) is 24.5 Å². The molecule has 5 heteroatoms. The van der Waals surface area contributed by atoms with E-state index < -0.39 is 0 Å². The zero-order valence-corrected chi connectivity index (χ0v) is 12.1. The molecule has 1 unspecified atom stereocenters. The van der Waals surface area contributed by atoms with E-state index in [1.165, 1.54) is 7.11 Å². The van der Waals surface area contributed by atoms with Gasteiger partial charge in [0.1, 0.15) is 0 Å². The van der Waals surface area contributed by atoms with Gasteiger partial charge in [-0.15, -0.1) is 0 Å². The van der Waals surface area contributed by atoms with Gasteiger partial charge in [0.25, 0.3) is 0 Å². The number of ether oxygens (including phenoxy) is 1. The summed E-state index contributed by atoms with van der Waals surface area (Å²) >= 11 is 0. The number of rotatable bonds is 5. The van der Waals surface area contributed by atoms with Crippen molar-refractivity contribution in [1.29, 1.82) is 0 Å². The predicted molar refractivity (Wildman–Crippen MR) is 76.2 cm³/mol. The highest BCUT2D eigenvalue weighted by atomic mass is 19.1. The van der Waals surface area contributed by atoms with Gasteiger partial charge in [-0.2, -0.15) is 5.10 Å². The molecular weight excluding hydrogens is 257 g/mol. The molecule has 4 nitrogen and oxygen atoms in total. The molecule has 0 spiro atoms. The van der Waals surface area contributed by atoms with Crippen molar-refractivity contribution in [2.75, 3.05) is 7.11 Å². The third-order valence-corrected chi connectivity index (χ3v) is 3.32. The van der Waals surface area contributed by atoms with Gasteiger partial charge in [0.15, 0.2) is 11.6 Å². The van der Waals surface area contributed by atoms with Crippen LogP contribution in [0.1, 0.15) is 29.9 Å². The van der Waals surface area contributed by atoms with Crippen LogP contribution in [0.15, 0.2) is 24.3 Å². The summed E-state index contributed by atoms with van der Waals surface area (Å²) in [6.45, 7) is 4.68. The molecule has 2 N–H and O–H groups in total. The summed E-state index contributed by atoms with van der Waals surface area (Å²) in [7, 11) is 1.46. The van der Waals surface area contributed by atoms with Crippen LogP contribution in [0.2, 0.25) is 0 Å². The van der Waals surface area contributed by atoms with Gasteiger partial charge < -0.3 is 10.5 Å². The zero-order valence-electron chi connectivity index (χ0n) is 12.1. The Labute approximate surface area is 118 Å². The van der Waals surface area contributed by atoms with Crippen molar-refractivity contribution in [2.24, 2.45) is 5.73 Å². The molecule has 2 rings (SSSR count). The first-order valence-corrected chi connectivity index (χ1v) is 6.68. The molecule has 1 heterocycles. The van der Waals surface area contributed by atoms with Crippen LogP contribution in [0.5, 0.6) is 5.75 Å². The monoisotopic (exact) mass is 277 g/mol. The lowest BCUT2D eigenvalue weighted by Gasteiger charge is -2.14. The lowest BCUT2D eigenvalue weighted by molar-refractivity contribution is 0.383. The molecule has 1 aromatic carbocycles. The predicted octanol–water partition coefficient (Wildman–Crippen LogP) is 2.60. The molecule has 1 aromatic heterocycles. The van der Waals surface area contributed by atoms with Crippen molar-refractivity contribution in [3.05, 3.63) is 47.0 Å². The van der Waals surface area contributed by atoms with Crippen LogP contribution in [-0.4, -0.2) is 16.9 Å². The topological polar surface area (TPSA) is 53.1 Å². The third-order valence-electron chi connectivity index (χ3n) is 3.32. The van der Waals surface area contributed by atoms with Crippen molar-refractivity contribution in [3.63, 3.8) is 0 Å². The molecule has 0 fully saturated rings. The van der Waals surface area contributed by atoms with E-state index in [9.17, 15) is 4.39 Å². The van der Waals surface area contributed by atoms with E-state index in [-0.39, 0.29) is 17.6 Å². The molecule has 0 saturated heterocycles. The highest BCUT2D eigenvalue weighted by molar-refractivity contribution is 5.32. The number of hydrogen-bond donors (Lipinski definition) is 1. The first-order chi connectivity index (χ1) is 9.56. The van der Waals surface area contributed by atoms with Crippen molar-refractivity contribution in [2.45, 2.75) is 32.9 Å². The van der Waals surface area contributed by atoms with Gasteiger partial charge in [-0.25, -0.2) is 4.39 Å². The van der Waals surface area contributed by atoms with E-state index in [0.29, 0.717) is 12.0 Å². The first-order valence-electron chi connectivity index (χ1n) is 6.68. The number of methoxy groups -OCH3 is 1. The fourth-order valence-corrected chi connectivity index (χ4v) is 2.33. The van der Waals surface area contributed by atoms with Gasteiger partial charge in [-0.1, -0.05) is 12.1 Å². The van der Waals surface area contributed by atoms with E-state index in [4.69, 9.17) is 10.5 Å². The Morgan fingerprint density at radius 2 is 2.20 bits per heavy atom. The summed E-state index contributed by atoms with van der Waals surface area (Å²) in [6.07, 6.45) is 0.411. The molecule has 1 atom stereocenters. The standard InChI is InChI=1S/C15H20FN3O/c1-4-19-13(8-10(2)18-19)12(17)9-11-6-5-7-14(20-3)15(11)16/h5-8,12H,4,9,17H2,1-3H3. The van der Waals surface area contributed by atoms with Crippen LogP contribution in [0.25, 0.3) is 0 Å². The lowest BCUT2D eigenvalue weighted by Crippen LogP contribution is -2.18. The smallest absolute Gasteiger partial charge is 0.168 e. The number of aromatic nitrogens is 2. The average molecular weight is 277 g/mol. The van der Waals surface area contributed by atoms with Gasteiger partial charge >= 0.3 is 0 Å². The minimum atomic E-state index is -0.343. The number of halogens is 1. The molecule has 0 amide bonds. The Morgan fingerprint density at radius 3 is 2.85 bits per heavy atom. The van der Waals surface area contributed by atoms with E-state index >= 15 is 0 Å². The maximum absolute atomic E-state index is 14.1. The van der Waals surface area contributed by atoms with E-state index in [2.05, 4.69) is 5.10 Å². The number of nitrogens with two attached hydrogens (primary N) is 1. The molecule has 0 saturated carbocycles. The second-order valence-corrected chi connectivity index (χ2v) is 4.77. The van der Waals surface area contributed by atoms with Crippen molar-refractivity contribution in [3.8, 4) is 5.75 Å². The Kier molecular flexibility index (Phi) is 4.39. The Balaban J connectivity index is 2.25. The molecule has 20 heavy (non-hydrogen) atoms. The van der Waals surface area contributed by atoms with Gasteiger partial charge in [0.2, 0.25) is 0 Å². The third kappa shape index (κ3) is 2.82. The Hall–Kier alpha value is -1.88. The number of hydrogen-bond acceptors (Lipinski definition) is 3. The quantitative estimate of drug-likeness (QED) is 0.914. The molecule has 2 aromatic rings. The van der Waals surface area contributed by atoms with E-state index in [0.717, 1.165) is 17.9 Å². The Morgan fingerprint density at radius 1 is 1.45 bits per heavy atom. The van der Waals surface area contributed by atoms with Gasteiger partial charge in [0, 0.05) is 6.54 Å². The lowest BCUT2D eigenvalue weighted by atomic mass is 10.0. The van der Waals surface area contributed by atoms with Crippen molar-refractivity contribution < 1.29 is 9.13 Å². The van der Waals surface area contributed by atoms with Crippen LogP contribution >= 0.6 is 0 Å². The highest BCUT2D eigenvalue weighted by Crippen LogP contribution is 2.24. The van der Waals surface area contributed by atoms with Crippen LogP contribution in [-0.2, 0) is 13.0 Å². The first kappa shape index (κ1) is 14.5. The zero-order chi connectivity index (χ0) is 14.7. The number of aryl methyl sites for hydroxylation is 2. The van der Waals surface area contributed by atoms with Crippen molar-refractivity contribution in [1.82, 2.24) is 9.78 Å². The number of nitrogens with zero attached hydrogens (tertiary/aromatic N) is 2. The van der Waals surface area contributed by atoms with Crippen LogP contribution < -0.4 is 10.5 Å². The molecule has 0 radical (unpaired) electrons. The fraction of sp³-hybridized carbons (Fsp3) is 0.400. The van der Waals surface area contributed by atoms with Crippen LogP contribution in [0, 0.1) is 12.7 Å². The second-order valence-electron chi connectivity index (χ2n) is 4.77. The fourth-order valence-electron chi connectivity index (χ4n) is 2.33. The second kappa shape index (κ2) is 6.05. The normalized spacial score (nSPS) is 12.4. The SMILES string of the molecule is CCn1nc(C)cc1C(N)Cc1cccc(OC)c1F. The summed E-state index contributed by atoms with van der Waals surface area (Å²) in [5, 5.41) is 4.37. The summed E-state index contributed by atoms with van der Waals surface area (Å²) in [5.74, 6) is -0.0976. The molecule has 108 valence electrons. The molecule has 0 aliphatic heterocycles. The minimum Gasteiger partial charge on any atom is -0.494 e. The average Bonchev–Trinajstić information content (AvgIpc) is 2.82. The molecule has 0 aliphatic rings. The molecular formula is C15H20FN3O. The van der Waals surface area contributed by atoms with Crippen molar-refractivity contribution >= 4 is 0 Å². The summed E-state index contributed by atoms with van der Waals surface area (Å²) in [5.41, 5.74) is 8.61. The maximum Gasteiger partial charge on any atom is 0.168 e. The molecule has 0 bridgehead atoms. The van der Waals surface area contributed by atoms with E-state index in [1.54, 1.807) is 18.2 Å². The summed E-state index contributed by atoms with van der Waals surface area (Å²) in [4.78, 5) is 0. The highest BCUT2D eigenvalue weighted by Gasteiger charge is 2.17. The number of benzene rings is 1. The molecule has 0 aliphatic carbocycles. The largest absolute Gasteiger partial charge is 0.494 e. The van der Waals surface area contributed by atoms with Gasteiger partial charge in [-0.3, -0.25) is 4.68 Å². The maximum atomic E-state index is 14.1. The minimum absolute atomic E-state index is 0.245. The summed E-state index contributed by atoms with van der Waals surface area (Å²) in [6, 6.07) is 6.76. The summed E-state index contributed by atoms with van der Waals surface area (Å²) < 4.78 is 21.0. The van der Waals surface area contributed by atoms with Crippen LogP contribution in [0.4, 0.5) is 4.39 Å². The van der Waals surface area contributed by atoms with E-state index in [1.807, 2.05) is 24.6 Å². The van der Waals surface area contributed by atoms with Crippen LogP contribution in [0.3, 0.4) is 0 Å². The van der Waals surface area contributed by atoms with Gasteiger partial charge in [-0.05, 0) is 38.0 Å². The Bertz CT molecular complexity index is 595.